The van der Waals surface area contributed by atoms with Crippen LogP contribution in [0, 0.1) is 0 Å². The van der Waals surface area contributed by atoms with Gasteiger partial charge in [-0.25, -0.2) is 4.98 Å². The van der Waals surface area contributed by atoms with Crippen molar-refractivity contribution < 1.29 is 4.79 Å². The Hall–Kier alpha value is -1.48. The van der Waals surface area contributed by atoms with Crippen molar-refractivity contribution in [1.29, 1.82) is 0 Å². The molecule has 2 aromatic heterocycles. The first-order valence-corrected chi connectivity index (χ1v) is 4.05. The average molecular weight is 193 g/mol. The van der Waals surface area contributed by atoms with E-state index in [-0.39, 0.29) is 5.15 Å². The molecule has 0 unspecified atom stereocenters. The second-order valence-corrected chi connectivity index (χ2v) is 2.89. The fourth-order valence-electron chi connectivity index (χ4n) is 1.07. The van der Waals surface area contributed by atoms with Gasteiger partial charge in [0.15, 0.2) is 6.29 Å². The number of aldehydes is 1. The number of hydrogen-bond acceptors (Lipinski definition) is 3. The van der Waals surface area contributed by atoms with Crippen LogP contribution in [0.5, 0.6) is 0 Å². The summed E-state index contributed by atoms with van der Waals surface area (Å²) in [7, 11) is 0. The molecule has 0 aliphatic carbocycles. The van der Waals surface area contributed by atoms with Gasteiger partial charge >= 0.3 is 0 Å². The van der Waals surface area contributed by atoms with Gasteiger partial charge in [0.05, 0.1) is 16.6 Å². The molecule has 0 fully saturated rings. The summed E-state index contributed by atoms with van der Waals surface area (Å²) in [4.78, 5) is 18.6. The van der Waals surface area contributed by atoms with Gasteiger partial charge in [-0.15, -0.1) is 0 Å². The molecule has 0 spiro atoms. The van der Waals surface area contributed by atoms with Crippen LogP contribution in [0.3, 0.4) is 0 Å². The Balaban J connectivity index is 2.81. The second-order valence-electron chi connectivity index (χ2n) is 2.53. The van der Waals surface area contributed by atoms with E-state index < -0.39 is 0 Å². The number of aromatic nitrogens is 2. The fourth-order valence-corrected chi connectivity index (χ4v) is 1.26. The minimum absolute atomic E-state index is 0.218. The highest BCUT2D eigenvalue weighted by molar-refractivity contribution is 6.32. The number of carbonyl (C=O) groups excluding carboxylic acids is 1. The Kier molecular flexibility index (Phi) is 1.94. The number of rotatable bonds is 1. The van der Waals surface area contributed by atoms with Gasteiger partial charge in [-0.2, -0.15) is 0 Å². The molecule has 2 aromatic rings. The van der Waals surface area contributed by atoms with Crippen molar-refractivity contribution in [2.75, 3.05) is 0 Å². The summed E-state index contributed by atoms with van der Waals surface area (Å²) in [6.45, 7) is 0. The van der Waals surface area contributed by atoms with E-state index in [4.69, 9.17) is 11.6 Å². The highest BCUT2D eigenvalue weighted by Gasteiger charge is 2.03. The predicted molar refractivity (Wildman–Crippen MR) is 49.9 cm³/mol. The van der Waals surface area contributed by atoms with Crippen LogP contribution in [-0.2, 0) is 0 Å². The predicted octanol–water partition coefficient (Wildman–Crippen LogP) is 2.10. The molecule has 3 nitrogen and oxygen atoms in total. The van der Waals surface area contributed by atoms with Gasteiger partial charge in [-0.05, 0) is 18.2 Å². The lowest BCUT2D eigenvalue weighted by Crippen LogP contribution is -1.89. The summed E-state index contributed by atoms with van der Waals surface area (Å²) in [5.74, 6) is 0. The van der Waals surface area contributed by atoms with Gasteiger partial charge in [0.2, 0.25) is 0 Å². The molecule has 0 amide bonds. The van der Waals surface area contributed by atoms with Crippen molar-refractivity contribution in [3.63, 3.8) is 0 Å². The highest BCUT2D eigenvalue weighted by atomic mass is 35.5. The normalized spacial score (nSPS) is 10.2. The quantitative estimate of drug-likeness (QED) is 0.513. The Morgan fingerprint density at radius 2 is 2.23 bits per heavy atom. The maximum absolute atomic E-state index is 10.5. The third-order valence-electron chi connectivity index (χ3n) is 1.69. The molecule has 4 heteroatoms. The molecule has 0 N–H and O–H groups in total. The first-order chi connectivity index (χ1) is 6.31. The van der Waals surface area contributed by atoms with Crippen LogP contribution in [0.1, 0.15) is 10.4 Å². The van der Waals surface area contributed by atoms with Crippen LogP contribution in [-0.4, -0.2) is 16.3 Å². The summed E-state index contributed by atoms with van der Waals surface area (Å²) < 4.78 is 0. The Labute approximate surface area is 79.4 Å². The van der Waals surface area contributed by atoms with Crippen molar-refractivity contribution in [3.05, 3.63) is 35.1 Å². The molecule has 0 atom stereocenters. The molecule has 2 rings (SSSR count). The molecular formula is C9H5ClN2O. The van der Waals surface area contributed by atoms with E-state index in [0.717, 1.165) is 0 Å². The van der Waals surface area contributed by atoms with Crippen molar-refractivity contribution in [1.82, 2.24) is 9.97 Å². The summed E-state index contributed by atoms with van der Waals surface area (Å²) in [5.41, 5.74) is 1.74. The maximum atomic E-state index is 10.5. The van der Waals surface area contributed by atoms with E-state index in [1.165, 1.54) is 0 Å². The third kappa shape index (κ3) is 1.38. The molecule has 0 saturated carbocycles. The number of carbonyl (C=O) groups is 1. The Morgan fingerprint density at radius 1 is 1.38 bits per heavy atom. The van der Waals surface area contributed by atoms with Crippen LogP contribution in [0.25, 0.3) is 11.0 Å². The summed E-state index contributed by atoms with van der Waals surface area (Å²) in [6.07, 6.45) is 2.32. The number of hydrogen-bond donors (Lipinski definition) is 0. The smallest absolute Gasteiger partial charge is 0.153 e. The molecule has 0 aliphatic heterocycles. The van der Waals surface area contributed by atoms with E-state index in [2.05, 4.69) is 9.97 Å². The lowest BCUT2D eigenvalue weighted by atomic mass is 10.2. The maximum Gasteiger partial charge on any atom is 0.153 e. The van der Waals surface area contributed by atoms with Crippen LogP contribution in [0.2, 0.25) is 5.15 Å². The lowest BCUT2D eigenvalue weighted by Gasteiger charge is -1.98. The van der Waals surface area contributed by atoms with Crippen LogP contribution >= 0.6 is 11.6 Å². The minimum atomic E-state index is 0.218. The topological polar surface area (TPSA) is 42.9 Å². The first kappa shape index (κ1) is 8.13. The molecular weight excluding hydrogens is 188 g/mol. The van der Waals surface area contributed by atoms with Gasteiger partial charge in [0.1, 0.15) is 5.15 Å². The van der Waals surface area contributed by atoms with Crippen molar-refractivity contribution in [3.8, 4) is 0 Å². The largest absolute Gasteiger partial charge is 0.298 e. The lowest BCUT2D eigenvalue weighted by molar-refractivity contribution is 0.112. The standard InChI is InChI=1S/C9H5ClN2O/c10-9-6(5-13)4-8-7(12-9)2-1-3-11-8/h1-5H. The molecule has 0 aliphatic rings. The average Bonchev–Trinajstić information content (AvgIpc) is 2.17. The first-order valence-electron chi connectivity index (χ1n) is 3.68. The van der Waals surface area contributed by atoms with E-state index in [9.17, 15) is 4.79 Å². The van der Waals surface area contributed by atoms with Crippen LogP contribution in [0.4, 0.5) is 0 Å². The van der Waals surface area contributed by atoms with E-state index >= 15 is 0 Å². The van der Waals surface area contributed by atoms with E-state index in [1.54, 1.807) is 24.4 Å². The van der Waals surface area contributed by atoms with E-state index in [0.29, 0.717) is 22.9 Å². The van der Waals surface area contributed by atoms with Crippen molar-refractivity contribution in [2.24, 2.45) is 0 Å². The Morgan fingerprint density at radius 3 is 3.00 bits per heavy atom. The molecule has 0 saturated heterocycles. The van der Waals surface area contributed by atoms with Crippen molar-refractivity contribution >= 4 is 28.9 Å². The minimum Gasteiger partial charge on any atom is -0.298 e. The number of nitrogens with zero attached hydrogens (tertiary/aromatic N) is 2. The van der Waals surface area contributed by atoms with Gasteiger partial charge < -0.3 is 0 Å². The fraction of sp³-hybridized carbons (Fsp3) is 0. The number of pyridine rings is 2. The summed E-state index contributed by atoms with van der Waals surface area (Å²) in [5, 5.41) is 0.218. The third-order valence-corrected chi connectivity index (χ3v) is 1.99. The number of fused-ring (bicyclic) bond motifs is 1. The second kappa shape index (κ2) is 3.11. The van der Waals surface area contributed by atoms with Gasteiger partial charge in [0, 0.05) is 6.20 Å². The molecule has 2 heterocycles. The van der Waals surface area contributed by atoms with Crippen LogP contribution in [0.15, 0.2) is 24.4 Å². The number of halogens is 1. The zero-order valence-corrected chi connectivity index (χ0v) is 7.32. The van der Waals surface area contributed by atoms with Gasteiger partial charge in [0.25, 0.3) is 0 Å². The van der Waals surface area contributed by atoms with Crippen molar-refractivity contribution in [2.45, 2.75) is 0 Å². The van der Waals surface area contributed by atoms with Crippen LogP contribution < -0.4 is 0 Å². The SMILES string of the molecule is O=Cc1cc2ncccc2nc1Cl. The monoisotopic (exact) mass is 192 g/mol. The van der Waals surface area contributed by atoms with Gasteiger partial charge in [-0.3, -0.25) is 9.78 Å². The summed E-state index contributed by atoms with van der Waals surface area (Å²) in [6, 6.07) is 5.19. The summed E-state index contributed by atoms with van der Waals surface area (Å²) >= 11 is 5.73. The molecule has 0 bridgehead atoms. The Bertz CT molecular complexity index is 470. The molecule has 13 heavy (non-hydrogen) atoms. The zero-order chi connectivity index (χ0) is 9.26. The van der Waals surface area contributed by atoms with Gasteiger partial charge in [-0.1, -0.05) is 11.6 Å². The zero-order valence-electron chi connectivity index (χ0n) is 6.57. The molecule has 0 aromatic carbocycles. The van der Waals surface area contributed by atoms with E-state index in [1.807, 2.05) is 0 Å². The molecule has 64 valence electrons. The highest BCUT2D eigenvalue weighted by Crippen LogP contribution is 2.16. The molecule has 0 radical (unpaired) electrons.